The van der Waals surface area contributed by atoms with Crippen molar-refractivity contribution in [3.05, 3.63) is 41.5 Å². The van der Waals surface area contributed by atoms with Crippen LogP contribution in [0, 0.1) is 6.92 Å². The maximum atomic E-state index is 13.3. The lowest BCUT2D eigenvalue weighted by Crippen LogP contribution is -2.19. The molecule has 1 heterocycles. The van der Waals surface area contributed by atoms with Gasteiger partial charge in [0.1, 0.15) is 0 Å². The summed E-state index contributed by atoms with van der Waals surface area (Å²) in [5, 5.41) is 9.05. The molecule has 0 amide bonds. The molecule has 2 aromatic rings. The Morgan fingerprint density at radius 1 is 1.35 bits per heavy atom. The molecule has 1 aromatic heterocycles. The van der Waals surface area contributed by atoms with E-state index in [1.807, 2.05) is 0 Å². The third kappa shape index (κ3) is 3.07. The fourth-order valence-electron chi connectivity index (χ4n) is 2.31. The van der Waals surface area contributed by atoms with Gasteiger partial charge in [0.15, 0.2) is 9.84 Å². The highest BCUT2D eigenvalue weighted by Crippen LogP contribution is 2.39. The third-order valence-electron chi connectivity index (χ3n) is 3.18. The summed E-state index contributed by atoms with van der Waals surface area (Å²) in [6.07, 6.45) is -0.483. The van der Waals surface area contributed by atoms with Crippen LogP contribution in [0.1, 0.15) is 21.5 Å². The van der Waals surface area contributed by atoms with Crippen molar-refractivity contribution in [2.45, 2.75) is 18.0 Å². The number of aromatic carboxylic acids is 1. The Hall–Kier alpha value is -2.36. The van der Waals surface area contributed by atoms with Crippen LogP contribution in [-0.2, 0) is 16.0 Å². The molecular weight excluding hydrogens is 337 g/mol. The van der Waals surface area contributed by atoms with E-state index in [-0.39, 0.29) is 5.69 Å². The lowest BCUT2D eigenvalue weighted by molar-refractivity contribution is -0.138. The average molecular weight is 348 g/mol. The number of sulfone groups is 1. The van der Waals surface area contributed by atoms with E-state index in [4.69, 9.17) is 5.11 Å². The number of carboxylic acids is 1. The minimum atomic E-state index is -4.96. The van der Waals surface area contributed by atoms with Crippen LogP contribution < -0.4 is 0 Å². The van der Waals surface area contributed by atoms with Gasteiger partial charge in [-0.2, -0.15) is 13.2 Å². The van der Waals surface area contributed by atoms with Gasteiger partial charge in [-0.1, -0.05) is 0 Å². The molecule has 0 aliphatic heterocycles. The zero-order chi connectivity index (χ0) is 17.6. The monoisotopic (exact) mass is 348 g/mol. The first-order valence-corrected chi connectivity index (χ1v) is 8.00. The molecule has 0 unspecified atom stereocenters. The molecule has 0 radical (unpaired) electrons. The van der Waals surface area contributed by atoms with Gasteiger partial charge in [-0.25, -0.2) is 18.2 Å². The molecular formula is C13H11F3N2O4S. The van der Waals surface area contributed by atoms with Crippen molar-refractivity contribution in [1.82, 2.24) is 9.55 Å². The first-order valence-electron chi connectivity index (χ1n) is 6.11. The Bertz CT molecular complexity index is 872. The summed E-state index contributed by atoms with van der Waals surface area (Å²) in [5.74, 6) is -1.86. The summed E-state index contributed by atoms with van der Waals surface area (Å²) in [6.45, 7) is 1.03. The highest BCUT2D eigenvalue weighted by Gasteiger charge is 2.40. The zero-order valence-corrected chi connectivity index (χ0v) is 12.7. The van der Waals surface area contributed by atoms with E-state index in [1.165, 1.54) is 12.4 Å². The molecule has 0 fully saturated rings. The summed E-state index contributed by atoms with van der Waals surface area (Å²) in [5.41, 5.74) is -3.28. The van der Waals surface area contributed by atoms with Gasteiger partial charge in [0, 0.05) is 18.6 Å². The second-order valence-electron chi connectivity index (χ2n) is 4.82. The number of carbonyl (C=O) groups is 1. The molecule has 0 aliphatic rings. The first-order chi connectivity index (χ1) is 10.4. The Kier molecular flexibility index (Phi) is 3.97. The second-order valence-corrected chi connectivity index (χ2v) is 6.80. The molecule has 0 aliphatic carbocycles. The van der Waals surface area contributed by atoms with Crippen molar-refractivity contribution in [2.24, 2.45) is 0 Å². The van der Waals surface area contributed by atoms with Gasteiger partial charge in [0.25, 0.3) is 0 Å². The number of nitrogens with zero attached hydrogens (tertiary/aromatic N) is 2. The zero-order valence-electron chi connectivity index (χ0n) is 11.9. The van der Waals surface area contributed by atoms with E-state index in [9.17, 15) is 26.4 Å². The minimum absolute atomic E-state index is 0.276. The first kappa shape index (κ1) is 17.0. The largest absolute Gasteiger partial charge is 0.478 e. The molecule has 2 rings (SSSR count). The smallest absolute Gasteiger partial charge is 0.417 e. The number of hydrogen-bond donors (Lipinski definition) is 1. The predicted molar refractivity (Wildman–Crippen MR) is 73.4 cm³/mol. The average Bonchev–Trinajstić information content (AvgIpc) is 2.87. The summed E-state index contributed by atoms with van der Waals surface area (Å²) >= 11 is 0. The molecule has 1 aromatic carbocycles. The van der Waals surface area contributed by atoms with E-state index >= 15 is 0 Å². The second kappa shape index (κ2) is 5.37. The van der Waals surface area contributed by atoms with E-state index in [2.05, 4.69) is 4.98 Å². The molecule has 10 heteroatoms. The minimum Gasteiger partial charge on any atom is -0.478 e. The number of hydrogen-bond acceptors (Lipinski definition) is 4. The van der Waals surface area contributed by atoms with Crippen molar-refractivity contribution >= 4 is 15.8 Å². The van der Waals surface area contributed by atoms with E-state index < -0.39 is 43.6 Å². The molecule has 0 saturated carbocycles. The van der Waals surface area contributed by atoms with Crippen LogP contribution in [-0.4, -0.2) is 35.3 Å². The lowest BCUT2D eigenvalue weighted by Gasteiger charge is -2.20. The van der Waals surface area contributed by atoms with Crippen LogP contribution >= 0.6 is 0 Å². The number of benzene rings is 1. The predicted octanol–water partition coefficient (Wildman–Crippen LogP) is 2.30. The quantitative estimate of drug-likeness (QED) is 0.919. The normalized spacial score (nSPS) is 12.4. The Balaban J connectivity index is 3.04. The summed E-state index contributed by atoms with van der Waals surface area (Å²) in [4.78, 5) is 14.4. The van der Waals surface area contributed by atoms with Crippen LogP contribution in [0.4, 0.5) is 13.2 Å². The standard InChI is InChI=1S/C13H11F3N2O4S/c1-7-10(13(14,15)16)8(12(19)20)5-9(23(2,21)22)11(7)18-4-3-17-6-18/h3-6H,1-2H3,(H,19,20). The SMILES string of the molecule is Cc1c(-n2ccnc2)c(S(C)(=O)=O)cc(C(=O)O)c1C(F)(F)F. The molecule has 0 bridgehead atoms. The van der Waals surface area contributed by atoms with Crippen LogP contribution in [0.3, 0.4) is 0 Å². The van der Waals surface area contributed by atoms with E-state index in [1.54, 1.807) is 0 Å². The molecule has 0 atom stereocenters. The molecule has 6 nitrogen and oxygen atoms in total. The van der Waals surface area contributed by atoms with Crippen molar-refractivity contribution in [2.75, 3.05) is 6.26 Å². The van der Waals surface area contributed by atoms with Gasteiger partial charge in [0.05, 0.1) is 28.0 Å². The van der Waals surface area contributed by atoms with Crippen LogP contribution in [0.25, 0.3) is 5.69 Å². The fraction of sp³-hybridized carbons (Fsp3) is 0.231. The van der Waals surface area contributed by atoms with Gasteiger partial charge < -0.3 is 9.67 Å². The highest BCUT2D eigenvalue weighted by molar-refractivity contribution is 7.90. The molecule has 124 valence electrons. The summed E-state index contributed by atoms with van der Waals surface area (Å²) in [6, 6.07) is 0.531. The third-order valence-corrected chi connectivity index (χ3v) is 4.29. The van der Waals surface area contributed by atoms with Crippen molar-refractivity contribution < 1.29 is 31.5 Å². The summed E-state index contributed by atoms with van der Waals surface area (Å²) < 4.78 is 64.8. The number of imidazole rings is 1. The summed E-state index contributed by atoms with van der Waals surface area (Å²) in [7, 11) is -3.98. The van der Waals surface area contributed by atoms with Gasteiger partial charge in [-0.15, -0.1) is 0 Å². The highest BCUT2D eigenvalue weighted by atomic mass is 32.2. The molecule has 1 N–H and O–H groups in total. The fourth-order valence-corrected chi connectivity index (χ4v) is 3.25. The number of carboxylic acid groups (broad SMARTS) is 1. The molecule has 0 spiro atoms. The molecule has 23 heavy (non-hydrogen) atoms. The lowest BCUT2D eigenvalue weighted by atomic mass is 9.99. The number of halogens is 3. The van der Waals surface area contributed by atoms with E-state index in [0.29, 0.717) is 6.07 Å². The maximum absolute atomic E-state index is 13.3. The topological polar surface area (TPSA) is 89.3 Å². The number of aromatic nitrogens is 2. The van der Waals surface area contributed by atoms with Gasteiger partial charge in [0.2, 0.25) is 0 Å². The van der Waals surface area contributed by atoms with Gasteiger partial charge in [-0.3, -0.25) is 0 Å². The van der Waals surface area contributed by atoms with Crippen LogP contribution in [0.5, 0.6) is 0 Å². The van der Waals surface area contributed by atoms with Crippen LogP contribution in [0.2, 0.25) is 0 Å². The van der Waals surface area contributed by atoms with E-state index in [0.717, 1.165) is 24.1 Å². The number of rotatable bonds is 3. The van der Waals surface area contributed by atoms with Crippen molar-refractivity contribution in [1.29, 1.82) is 0 Å². The van der Waals surface area contributed by atoms with Crippen molar-refractivity contribution in [3.8, 4) is 5.69 Å². The maximum Gasteiger partial charge on any atom is 0.417 e. The van der Waals surface area contributed by atoms with Gasteiger partial charge in [-0.05, 0) is 18.6 Å². The number of alkyl halides is 3. The van der Waals surface area contributed by atoms with Gasteiger partial charge >= 0.3 is 12.1 Å². The molecule has 0 saturated heterocycles. The Morgan fingerprint density at radius 2 is 1.96 bits per heavy atom. The Labute approximate surface area is 129 Å². The van der Waals surface area contributed by atoms with Crippen molar-refractivity contribution in [3.63, 3.8) is 0 Å². The van der Waals surface area contributed by atoms with Crippen LogP contribution in [0.15, 0.2) is 29.7 Å². The Morgan fingerprint density at radius 3 is 2.35 bits per heavy atom.